The molecular weight excluding hydrogens is 324 g/mol. The molecule has 2 heterocycles. The lowest BCUT2D eigenvalue weighted by Gasteiger charge is -2.14. The first-order valence-electron chi connectivity index (χ1n) is 8.47. The Morgan fingerprint density at radius 1 is 1.00 bits per heavy atom. The summed E-state index contributed by atoms with van der Waals surface area (Å²) >= 11 is 0. The molecule has 4 rings (SSSR count). The van der Waals surface area contributed by atoms with Crippen LogP contribution in [0.25, 0.3) is 16.9 Å². The van der Waals surface area contributed by atoms with Crippen LogP contribution < -0.4 is 10.1 Å². The van der Waals surface area contributed by atoms with E-state index in [1.807, 2.05) is 34.9 Å². The predicted molar refractivity (Wildman–Crippen MR) is 104 cm³/mol. The third kappa shape index (κ3) is 2.67. The van der Waals surface area contributed by atoms with E-state index in [0.717, 1.165) is 34.2 Å². The second kappa shape index (κ2) is 6.52. The van der Waals surface area contributed by atoms with Gasteiger partial charge >= 0.3 is 0 Å². The molecule has 0 spiro atoms. The van der Waals surface area contributed by atoms with E-state index in [-0.39, 0.29) is 0 Å². The summed E-state index contributed by atoms with van der Waals surface area (Å²) in [5, 5.41) is 3.60. The molecule has 1 N–H and O–H groups in total. The van der Waals surface area contributed by atoms with Gasteiger partial charge in [0, 0.05) is 23.6 Å². The Balaban J connectivity index is 1.96. The molecule has 0 radical (unpaired) electrons. The molecule has 4 aromatic rings. The Kier molecular flexibility index (Phi) is 4.05. The quantitative estimate of drug-likeness (QED) is 0.580. The average Bonchev–Trinajstić information content (AvgIpc) is 3.03. The topological polar surface area (TPSA) is 51.5 Å². The summed E-state index contributed by atoms with van der Waals surface area (Å²) in [6.07, 6.45) is 5.43. The summed E-state index contributed by atoms with van der Waals surface area (Å²) in [4.78, 5) is 9.01. The van der Waals surface area contributed by atoms with E-state index < -0.39 is 0 Å². The minimum atomic E-state index is 0.780. The highest BCUT2D eigenvalue weighted by atomic mass is 16.5. The number of hydrogen-bond donors (Lipinski definition) is 1. The number of nitrogens with one attached hydrogen (secondary N) is 1. The van der Waals surface area contributed by atoms with Crippen LogP contribution in [0.5, 0.6) is 5.75 Å². The Labute approximate surface area is 152 Å². The number of aryl methyl sites for hydroxylation is 2. The Bertz CT molecular complexity index is 1060. The molecule has 0 saturated heterocycles. The third-order valence-electron chi connectivity index (χ3n) is 4.52. The smallest absolute Gasteiger partial charge is 0.157 e. The number of anilines is 2. The number of ether oxygens (including phenoxy) is 1. The van der Waals surface area contributed by atoms with Crippen LogP contribution in [0, 0.1) is 13.8 Å². The van der Waals surface area contributed by atoms with E-state index in [1.54, 1.807) is 19.5 Å². The summed E-state index contributed by atoms with van der Waals surface area (Å²) < 4.78 is 7.57. The first-order valence-corrected chi connectivity index (χ1v) is 8.47. The van der Waals surface area contributed by atoms with Crippen LogP contribution >= 0.6 is 0 Å². The van der Waals surface area contributed by atoms with E-state index >= 15 is 0 Å². The van der Waals surface area contributed by atoms with Gasteiger partial charge in [0.1, 0.15) is 17.3 Å². The molecule has 130 valence electrons. The zero-order valence-electron chi connectivity index (χ0n) is 15.0. The molecule has 0 fully saturated rings. The fourth-order valence-electron chi connectivity index (χ4n) is 3.18. The molecule has 26 heavy (non-hydrogen) atoms. The van der Waals surface area contributed by atoms with Gasteiger partial charge in [-0.05, 0) is 37.1 Å². The maximum absolute atomic E-state index is 5.56. The fraction of sp³-hybridized carbons (Fsp3) is 0.143. The van der Waals surface area contributed by atoms with Gasteiger partial charge < -0.3 is 10.1 Å². The predicted octanol–water partition coefficient (Wildman–Crippen LogP) is 4.77. The first kappa shape index (κ1) is 16.1. The van der Waals surface area contributed by atoms with Crippen LogP contribution in [0.2, 0.25) is 0 Å². The SMILES string of the molecule is COc1ccccc1-c1nc2cnccn2c1Nc1c(C)cccc1C. The van der Waals surface area contributed by atoms with Crippen molar-refractivity contribution in [1.29, 1.82) is 0 Å². The number of hydrogen-bond acceptors (Lipinski definition) is 4. The van der Waals surface area contributed by atoms with Crippen molar-refractivity contribution in [3.05, 3.63) is 72.2 Å². The third-order valence-corrected chi connectivity index (χ3v) is 4.52. The van der Waals surface area contributed by atoms with E-state index in [4.69, 9.17) is 9.72 Å². The van der Waals surface area contributed by atoms with Gasteiger partial charge in [-0.2, -0.15) is 0 Å². The molecule has 0 unspecified atom stereocenters. The van der Waals surface area contributed by atoms with E-state index in [0.29, 0.717) is 0 Å². The van der Waals surface area contributed by atoms with Gasteiger partial charge in [-0.15, -0.1) is 0 Å². The minimum Gasteiger partial charge on any atom is -0.496 e. The second-order valence-corrected chi connectivity index (χ2v) is 6.21. The van der Waals surface area contributed by atoms with Crippen molar-refractivity contribution in [3.8, 4) is 17.0 Å². The van der Waals surface area contributed by atoms with Crippen molar-refractivity contribution in [2.75, 3.05) is 12.4 Å². The van der Waals surface area contributed by atoms with E-state index in [1.165, 1.54) is 11.1 Å². The summed E-state index contributed by atoms with van der Waals surface area (Å²) in [7, 11) is 1.68. The van der Waals surface area contributed by atoms with Crippen molar-refractivity contribution >= 4 is 17.2 Å². The number of aromatic nitrogens is 3. The van der Waals surface area contributed by atoms with Crippen LogP contribution in [0.15, 0.2) is 61.1 Å². The molecule has 0 aliphatic carbocycles. The van der Waals surface area contributed by atoms with Gasteiger partial charge in [-0.3, -0.25) is 9.38 Å². The van der Waals surface area contributed by atoms with Gasteiger partial charge in [0.15, 0.2) is 5.65 Å². The van der Waals surface area contributed by atoms with Crippen LogP contribution in [-0.2, 0) is 0 Å². The summed E-state index contributed by atoms with van der Waals surface area (Å²) in [5.41, 5.74) is 6.00. The Morgan fingerprint density at radius 2 is 1.77 bits per heavy atom. The van der Waals surface area contributed by atoms with Crippen molar-refractivity contribution in [2.45, 2.75) is 13.8 Å². The number of imidazole rings is 1. The summed E-state index contributed by atoms with van der Waals surface area (Å²) in [6.45, 7) is 4.20. The maximum Gasteiger partial charge on any atom is 0.157 e. The van der Waals surface area contributed by atoms with E-state index in [9.17, 15) is 0 Å². The van der Waals surface area contributed by atoms with Crippen molar-refractivity contribution in [2.24, 2.45) is 0 Å². The highest BCUT2D eigenvalue weighted by molar-refractivity contribution is 5.83. The highest BCUT2D eigenvalue weighted by Gasteiger charge is 2.18. The summed E-state index contributed by atoms with van der Waals surface area (Å²) in [6, 6.07) is 14.2. The van der Waals surface area contributed by atoms with Crippen molar-refractivity contribution in [3.63, 3.8) is 0 Å². The number of fused-ring (bicyclic) bond motifs is 1. The van der Waals surface area contributed by atoms with Gasteiger partial charge in [0.2, 0.25) is 0 Å². The molecule has 0 aliphatic heterocycles. The zero-order chi connectivity index (χ0) is 18.1. The lowest BCUT2D eigenvalue weighted by Crippen LogP contribution is -2.01. The number of methoxy groups -OCH3 is 1. The monoisotopic (exact) mass is 344 g/mol. The number of para-hydroxylation sites is 2. The number of nitrogens with zero attached hydrogens (tertiary/aromatic N) is 3. The van der Waals surface area contributed by atoms with Crippen LogP contribution in [0.3, 0.4) is 0 Å². The van der Waals surface area contributed by atoms with E-state index in [2.05, 4.69) is 42.3 Å². The molecule has 5 nitrogen and oxygen atoms in total. The van der Waals surface area contributed by atoms with Crippen molar-refractivity contribution < 1.29 is 4.74 Å². The van der Waals surface area contributed by atoms with Crippen LogP contribution in [0.1, 0.15) is 11.1 Å². The first-order chi connectivity index (χ1) is 12.7. The molecule has 2 aromatic carbocycles. The molecule has 5 heteroatoms. The van der Waals surface area contributed by atoms with Gasteiger partial charge in [-0.25, -0.2) is 4.98 Å². The lowest BCUT2D eigenvalue weighted by molar-refractivity contribution is 0.416. The standard InChI is InChI=1S/C21H20N4O/c1-14-7-6-8-15(2)19(14)24-21-20(16-9-4-5-10-17(16)26-3)23-18-13-22-11-12-25(18)21/h4-13,24H,1-3H3. The molecule has 0 amide bonds. The minimum absolute atomic E-state index is 0.780. The average molecular weight is 344 g/mol. The highest BCUT2D eigenvalue weighted by Crippen LogP contribution is 2.37. The lowest BCUT2D eigenvalue weighted by atomic mass is 10.1. The van der Waals surface area contributed by atoms with Gasteiger partial charge in [0.05, 0.1) is 13.3 Å². The Morgan fingerprint density at radius 3 is 2.54 bits per heavy atom. The molecule has 0 aliphatic rings. The normalized spacial score (nSPS) is 10.9. The maximum atomic E-state index is 5.56. The Hall–Kier alpha value is -3.34. The molecule has 0 saturated carbocycles. The van der Waals surface area contributed by atoms with Crippen molar-refractivity contribution in [1.82, 2.24) is 14.4 Å². The number of rotatable bonds is 4. The van der Waals surface area contributed by atoms with Crippen LogP contribution in [0.4, 0.5) is 11.5 Å². The van der Waals surface area contributed by atoms with Gasteiger partial charge in [-0.1, -0.05) is 30.3 Å². The molecule has 0 atom stereocenters. The molecule has 0 bridgehead atoms. The zero-order valence-corrected chi connectivity index (χ0v) is 15.0. The molecular formula is C21H20N4O. The number of benzene rings is 2. The summed E-state index contributed by atoms with van der Waals surface area (Å²) in [5.74, 6) is 1.68. The molecule has 2 aromatic heterocycles. The fourth-order valence-corrected chi connectivity index (χ4v) is 3.18. The van der Waals surface area contributed by atoms with Crippen LogP contribution in [-0.4, -0.2) is 21.5 Å². The second-order valence-electron chi connectivity index (χ2n) is 6.21. The largest absolute Gasteiger partial charge is 0.496 e. The van der Waals surface area contributed by atoms with Gasteiger partial charge in [0.25, 0.3) is 0 Å².